The molecule has 2 aromatic rings. The number of fused-ring (bicyclic) bond motifs is 1. The van der Waals surface area contributed by atoms with Crippen molar-refractivity contribution in [2.45, 2.75) is 58.3 Å². The molecule has 3 heteroatoms. The number of aryl methyl sites for hydroxylation is 1. The second-order valence-electron chi connectivity index (χ2n) is 7.59. The fraction of sp³-hybridized carbons (Fsp3) is 0.500. The highest BCUT2D eigenvalue weighted by molar-refractivity contribution is 5.63. The summed E-state index contributed by atoms with van der Waals surface area (Å²) in [6.45, 7) is 2.05. The van der Waals surface area contributed by atoms with Crippen molar-refractivity contribution < 1.29 is 0 Å². The van der Waals surface area contributed by atoms with E-state index in [1.54, 1.807) is 0 Å². The average molecular weight is 335 g/mol. The molecule has 0 bridgehead atoms. The van der Waals surface area contributed by atoms with Gasteiger partial charge in [-0.25, -0.2) is 4.68 Å². The first-order valence-corrected chi connectivity index (χ1v) is 9.90. The summed E-state index contributed by atoms with van der Waals surface area (Å²) in [4.78, 5) is 0. The summed E-state index contributed by atoms with van der Waals surface area (Å²) in [5, 5.41) is 8.52. The molecule has 2 aliphatic rings. The summed E-state index contributed by atoms with van der Waals surface area (Å²) in [6.07, 6.45) is 14.9. The van der Waals surface area contributed by atoms with Gasteiger partial charge in [-0.1, -0.05) is 56.4 Å². The molecule has 132 valence electrons. The third-order valence-corrected chi connectivity index (χ3v) is 5.95. The van der Waals surface area contributed by atoms with Crippen LogP contribution in [0.2, 0.25) is 0 Å². The Morgan fingerprint density at radius 3 is 2.60 bits per heavy atom. The van der Waals surface area contributed by atoms with Crippen LogP contribution in [0.5, 0.6) is 0 Å². The lowest BCUT2D eigenvalue weighted by atomic mass is 9.73. The van der Waals surface area contributed by atoms with Crippen molar-refractivity contribution in [1.29, 1.82) is 0 Å². The van der Waals surface area contributed by atoms with Gasteiger partial charge in [0.25, 0.3) is 0 Å². The average Bonchev–Trinajstić information content (AvgIpc) is 3.00. The Morgan fingerprint density at radius 2 is 1.84 bits per heavy atom. The zero-order valence-corrected chi connectivity index (χ0v) is 15.2. The van der Waals surface area contributed by atoms with Crippen LogP contribution in [0.4, 0.5) is 11.5 Å². The van der Waals surface area contributed by atoms with Gasteiger partial charge in [0.2, 0.25) is 0 Å². The second-order valence-corrected chi connectivity index (χ2v) is 7.59. The van der Waals surface area contributed by atoms with Gasteiger partial charge in [-0.05, 0) is 50.2 Å². The van der Waals surface area contributed by atoms with Gasteiger partial charge >= 0.3 is 0 Å². The summed E-state index contributed by atoms with van der Waals surface area (Å²) in [5.74, 6) is 2.93. The quantitative estimate of drug-likeness (QED) is 0.765. The predicted octanol–water partition coefficient (Wildman–Crippen LogP) is 5.80. The monoisotopic (exact) mass is 335 g/mol. The maximum atomic E-state index is 4.88. The number of para-hydroxylation sites is 1. The molecule has 0 amide bonds. The molecule has 0 spiro atoms. The number of anilines is 2. The van der Waals surface area contributed by atoms with E-state index in [0.29, 0.717) is 0 Å². The lowest BCUT2D eigenvalue weighted by Crippen LogP contribution is -2.24. The fourth-order valence-corrected chi connectivity index (χ4v) is 4.67. The van der Waals surface area contributed by atoms with Gasteiger partial charge in [-0.15, -0.1) is 0 Å². The van der Waals surface area contributed by atoms with E-state index in [4.69, 9.17) is 5.10 Å². The zero-order chi connectivity index (χ0) is 17.1. The van der Waals surface area contributed by atoms with Gasteiger partial charge in [0.1, 0.15) is 5.82 Å². The predicted molar refractivity (Wildman–Crippen MR) is 105 cm³/mol. The maximum Gasteiger partial charge on any atom is 0.136 e. The molecule has 4 rings (SSSR count). The first kappa shape index (κ1) is 16.4. The summed E-state index contributed by atoms with van der Waals surface area (Å²) < 4.78 is 2.04. The van der Waals surface area contributed by atoms with Crippen LogP contribution >= 0.6 is 0 Å². The molecule has 1 aromatic heterocycles. The van der Waals surface area contributed by atoms with Gasteiger partial charge in [0, 0.05) is 17.5 Å². The molecule has 1 N–H and O–H groups in total. The van der Waals surface area contributed by atoms with E-state index in [-0.39, 0.29) is 0 Å². The maximum absolute atomic E-state index is 4.88. The number of allylic oxidation sites excluding steroid dienone is 1. The number of hydrogen-bond acceptors (Lipinski definition) is 2. The zero-order valence-electron chi connectivity index (χ0n) is 15.2. The van der Waals surface area contributed by atoms with Crippen molar-refractivity contribution in [2.24, 2.45) is 11.8 Å². The van der Waals surface area contributed by atoms with Crippen molar-refractivity contribution in [3.63, 3.8) is 0 Å². The Labute approximate surface area is 151 Å². The van der Waals surface area contributed by atoms with Crippen molar-refractivity contribution in [3.8, 4) is 0 Å². The fourth-order valence-electron chi connectivity index (χ4n) is 4.67. The highest BCUT2D eigenvalue weighted by atomic mass is 15.3. The standard InChI is InChI=1S/C22H29N3/c1-2-15-25-22(23-19-11-7-4-8-12-19)20-16-18(13-14-21(20)24-25)17-9-5-3-6-10-17/h2,4,7-8,11-12,15,17-18,23H,3,5-6,9-10,13-14,16H2,1H3. The van der Waals surface area contributed by atoms with Crippen LogP contribution in [0, 0.1) is 11.8 Å². The van der Waals surface area contributed by atoms with Crippen LogP contribution in [0.25, 0.3) is 6.20 Å². The van der Waals surface area contributed by atoms with E-state index in [1.807, 2.05) is 4.68 Å². The molecule has 0 saturated heterocycles. The molecule has 3 nitrogen and oxygen atoms in total. The molecule has 1 aromatic carbocycles. The molecule has 0 radical (unpaired) electrons. The molecule has 0 aliphatic heterocycles. The third kappa shape index (κ3) is 3.51. The number of hydrogen-bond donors (Lipinski definition) is 1. The van der Waals surface area contributed by atoms with Crippen LogP contribution in [-0.4, -0.2) is 9.78 Å². The van der Waals surface area contributed by atoms with Crippen LogP contribution in [0.1, 0.15) is 56.7 Å². The van der Waals surface area contributed by atoms with E-state index in [1.165, 1.54) is 62.0 Å². The van der Waals surface area contributed by atoms with Crippen LogP contribution < -0.4 is 5.32 Å². The Morgan fingerprint density at radius 1 is 1.04 bits per heavy atom. The SMILES string of the molecule is CC=Cn1nc2c(c1Nc1ccccc1)CC(C1CCCCC1)CC2. The second kappa shape index (κ2) is 7.47. The smallest absolute Gasteiger partial charge is 0.136 e. The van der Waals surface area contributed by atoms with Crippen molar-refractivity contribution in [2.75, 3.05) is 5.32 Å². The van der Waals surface area contributed by atoms with Crippen molar-refractivity contribution in [3.05, 3.63) is 47.7 Å². The van der Waals surface area contributed by atoms with Crippen LogP contribution in [-0.2, 0) is 12.8 Å². The first-order valence-electron chi connectivity index (χ1n) is 9.90. The van der Waals surface area contributed by atoms with Crippen molar-refractivity contribution >= 4 is 17.7 Å². The molecule has 1 heterocycles. The van der Waals surface area contributed by atoms with E-state index >= 15 is 0 Å². The van der Waals surface area contributed by atoms with Crippen molar-refractivity contribution in [1.82, 2.24) is 9.78 Å². The van der Waals surface area contributed by atoms with E-state index in [0.717, 1.165) is 23.9 Å². The molecule has 1 atom stereocenters. The highest BCUT2D eigenvalue weighted by Crippen LogP contribution is 2.40. The third-order valence-electron chi connectivity index (χ3n) is 5.95. The molecular formula is C22H29N3. The van der Waals surface area contributed by atoms with Crippen LogP contribution in [0.3, 0.4) is 0 Å². The molecular weight excluding hydrogens is 306 g/mol. The summed E-state index contributed by atoms with van der Waals surface area (Å²) >= 11 is 0. The first-order chi connectivity index (χ1) is 12.3. The number of nitrogens with zero attached hydrogens (tertiary/aromatic N) is 2. The minimum Gasteiger partial charge on any atom is -0.340 e. The summed E-state index contributed by atoms with van der Waals surface area (Å²) in [7, 11) is 0. The molecule has 1 saturated carbocycles. The Balaban J connectivity index is 1.63. The normalized spacial score (nSPS) is 21.4. The van der Waals surface area contributed by atoms with Gasteiger partial charge in [0.05, 0.1) is 5.69 Å². The number of benzene rings is 1. The number of nitrogens with one attached hydrogen (secondary N) is 1. The Bertz CT molecular complexity index is 723. The molecule has 1 unspecified atom stereocenters. The van der Waals surface area contributed by atoms with Gasteiger partial charge in [-0.3, -0.25) is 0 Å². The topological polar surface area (TPSA) is 29.9 Å². The van der Waals surface area contributed by atoms with E-state index < -0.39 is 0 Å². The minimum absolute atomic E-state index is 0.840. The highest BCUT2D eigenvalue weighted by Gasteiger charge is 2.31. The van der Waals surface area contributed by atoms with E-state index in [9.17, 15) is 0 Å². The van der Waals surface area contributed by atoms with Crippen LogP contribution in [0.15, 0.2) is 36.4 Å². The van der Waals surface area contributed by atoms with Gasteiger partial charge in [-0.2, -0.15) is 5.10 Å². The lowest BCUT2D eigenvalue weighted by molar-refractivity contribution is 0.227. The Hall–Kier alpha value is -2.03. The van der Waals surface area contributed by atoms with Gasteiger partial charge < -0.3 is 5.32 Å². The molecule has 1 fully saturated rings. The minimum atomic E-state index is 0.840. The Kier molecular flexibility index (Phi) is 4.91. The summed E-state index contributed by atoms with van der Waals surface area (Å²) in [6, 6.07) is 10.5. The number of aromatic nitrogens is 2. The van der Waals surface area contributed by atoms with Gasteiger partial charge in [0.15, 0.2) is 0 Å². The largest absolute Gasteiger partial charge is 0.340 e. The summed E-state index contributed by atoms with van der Waals surface area (Å²) in [5.41, 5.74) is 3.88. The lowest BCUT2D eigenvalue weighted by Gasteiger charge is -2.32. The molecule has 25 heavy (non-hydrogen) atoms. The molecule has 2 aliphatic carbocycles. The number of rotatable bonds is 4. The van der Waals surface area contributed by atoms with E-state index in [2.05, 4.69) is 54.8 Å².